The fourth-order valence-electron chi connectivity index (χ4n) is 2.83. The lowest BCUT2D eigenvalue weighted by Gasteiger charge is -2.20. The van der Waals surface area contributed by atoms with Crippen molar-refractivity contribution in [2.75, 3.05) is 0 Å². The van der Waals surface area contributed by atoms with Gasteiger partial charge in [0.15, 0.2) is 6.73 Å². The molecule has 0 saturated heterocycles. The minimum absolute atomic E-state index is 0.466. The quantitative estimate of drug-likeness (QED) is 0.764. The number of imidazole rings is 1. The lowest BCUT2D eigenvalue weighted by molar-refractivity contribution is -0.688. The standard InChI is InChI=1S/C17H23N2O/c1-3-7-16(8-4-1)13-18-11-12-19(14-18)15-20-17-9-5-2-6-10-17/h1,3-4,7-8,11-12,14,17H,2,5-6,9-10,13,15H2/q+1. The number of rotatable bonds is 5. The van der Waals surface area contributed by atoms with Crippen molar-refractivity contribution in [3.63, 3.8) is 0 Å². The number of hydrogen-bond acceptors (Lipinski definition) is 1. The molecular weight excluding hydrogens is 248 g/mol. The lowest BCUT2D eigenvalue weighted by atomic mass is 9.98. The minimum atomic E-state index is 0.466. The molecule has 3 rings (SSSR count). The van der Waals surface area contributed by atoms with Crippen LogP contribution in [0.3, 0.4) is 0 Å². The molecule has 2 aromatic rings. The van der Waals surface area contributed by atoms with Crippen LogP contribution in [0, 0.1) is 0 Å². The number of ether oxygens (including phenoxy) is 1. The normalized spacial score (nSPS) is 16.4. The third kappa shape index (κ3) is 3.70. The lowest BCUT2D eigenvalue weighted by Crippen LogP contribution is -2.31. The molecule has 0 amide bonds. The molecule has 1 fully saturated rings. The fraction of sp³-hybridized carbons (Fsp3) is 0.471. The van der Waals surface area contributed by atoms with Crippen molar-refractivity contribution < 1.29 is 9.30 Å². The zero-order valence-corrected chi connectivity index (χ0v) is 11.9. The predicted molar refractivity (Wildman–Crippen MR) is 78.1 cm³/mol. The van der Waals surface area contributed by atoms with Crippen molar-refractivity contribution in [2.24, 2.45) is 0 Å². The first-order chi connectivity index (χ1) is 9.90. The summed E-state index contributed by atoms with van der Waals surface area (Å²) in [6.45, 7) is 1.59. The molecule has 0 bridgehead atoms. The van der Waals surface area contributed by atoms with Crippen molar-refractivity contribution in [2.45, 2.75) is 51.5 Å². The highest BCUT2D eigenvalue weighted by molar-refractivity contribution is 5.13. The molecule has 1 aromatic heterocycles. The van der Waals surface area contributed by atoms with E-state index in [4.69, 9.17) is 4.74 Å². The molecule has 3 nitrogen and oxygen atoms in total. The molecule has 20 heavy (non-hydrogen) atoms. The van der Waals surface area contributed by atoms with Crippen LogP contribution in [-0.2, 0) is 18.0 Å². The molecule has 1 saturated carbocycles. The molecule has 0 aliphatic heterocycles. The Labute approximate surface area is 120 Å². The van der Waals surface area contributed by atoms with Crippen LogP contribution in [0.2, 0.25) is 0 Å². The molecule has 106 valence electrons. The van der Waals surface area contributed by atoms with Gasteiger partial charge in [0.25, 0.3) is 0 Å². The van der Waals surface area contributed by atoms with Gasteiger partial charge >= 0.3 is 0 Å². The number of hydrogen-bond donors (Lipinski definition) is 0. The van der Waals surface area contributed by atoms with Crippen LogP contribution in [0.25, 0.3) is 0 Å². The Morgan fingerprint density at radius 1 is 1.10 bits per heavy atom. The van der Waals surface area contributed by atoms with E-state index in [-0.39, 0.29) is 0 Å². The Morgan fingerprint density at radius 3 is 2.70 bits per heavy atom. The Bertz CT molecular complexity index is 515. The maximum atomic E-state index is 5.98. The second-order valence-electron chi connectivity index (χ2n) is 5.64. The second-order valence-corrected chi connectivity index (χ2v) is 5.64. The Kier molecular flexibility index (Phi) is 4.49. The van der Waals surface area contributed by atoms with Crippen molar-refractivity contribution >= 4 is 0 Å². The molecule has 0 unspecified atom stereocenters. The maximum absolute atomic E-state index is 5.98. The van der Waals surface area contributed by atoms with Crippen LogP contribution in [0.4, 0.5) is 0 Å². The van der Waals surface area contributed by atoms with Gasteiger partial charge in [-0.1, -0.05) is 49.6 Å². The summed E-state index contributed by atoms with van der Waals surface area (Å²) in [5.41, 5.74) is 1.32. The predicted octanol–water partition coefficient (Wildman–Crippen LogP) is 3.13. The van der Waals surface area contributed by atoms with Crippen molar-refractivity contribution in [1.29, 1.82) is 0 Å². The monoisotopic (exact) mass is 271 g/mol. The summed E-state index contributed by atoms with van der Waals surface area (Å²) < 4.78 is 10.3. The fourth-order valence-corrected chi connectivity index (χ4v) is 2.83. The summed E-state index contributed by atoms with van der Waals surface area (Å²) in [5.74, 6) is 0. The first-order valence-electron chi connectivity index (χ1n) is 7.60. The topological polar surface area (TPSA) is 18.0 Å². The summed E-state index contributed by atoms with van der Waals surface area (Å²) in [6, 6.07) is 10.5. The second kappa shape index (κ2) is 6.71. The van der Waals surface area contributed by atoms with Gasteiger partial charge in [-0.15, -0.1) is 0 Å². The Morgan fingerprint density at radius 2 is 1.90 bits per heavy atom. The Balaban J connectivity index is 1.51. The molecule has 1 aliphatic rings. The van der Waals surface area contributed by atoms with E-state index < -0.39 is 0 Å². The highest BCUT2D eigenvalue weighted by Crippen LogP contribution is 2.20. The molecule has 0 radical (unpaired) electrons. The SMILES string of the molecule is c1ccc(C[n+]2ccn(COC3CCCCC3)c2)cc1. The summed E-state index contributed by atoms with van der Waals surface area (Å²) >= 11 is 0. The van der Waals surface area contributed by atoms with Gasteiger partial charge in [0.1, 0.15) is 18.9 Å². The molecule has 1 heterocycles. The van der Waals surface area contributed by atoms with Gasteiger partial charge in [0.05, 0.1) is 6.10 Å². The molecule has 0 spiro atoms. The largest absolute Gasteiger partial charge is 0.338 e. The van der Waals surface area contributed by atoms with Crippen LogP contribution in [-0.4, -0.2) is 10.7 Å². The first-order valence-corrected chi connectivity index (χ1v) is 7.60. The van der Waals surface area contributed by atoms with Gasteiger partial charge in [-0.25, -0.2) is 9.13 Å². The highest BCUT2D eigenvalue weighted by Gasteiger charge is 2.15. The van der Waals surface area contributed by atoms with E-state index in [1.807, 2.05) is 0 Å². The van der Waals surface area contributed by atoms with Crippen LogP contribution in [0.15, 0.2) is 49.1 Å². The van der Waals surface area contributed by atoms with Gasteiger partial charge in [-0.05, 0) is 18.4 Å². The first kappa shape index (κ1) is 13.4. The van der Waals surface area contributed by atoms with Crippen LogP contribution >= 0.6 is 0 Å². The number of aromatic nitrogens is 2. The van der Waals surface area contributed by atoms with Crippen LogP contribution in [0.5, 0.6) is 0 Å². The third-order valence-corrected chi connectivity index (χ3v) is 3.97. The van der Waals surface area contributed by atoms with Gasteiger partial charge in [0, 0.05) is 0 Å². The van der Waals surface area contributed by atoms with Crippen LogP contribution in [0.1, 0.15) is 37.7 Å². The van der Waals surface area contributed by atoms with Crippen molar-refractivity contribution in [3.8, 4) is 0 Å². The van der Waals surface area contributed by atoms with E-state index in [9.17, 15) is 0 Å². The van der Waals surface area contributed by atoms with Crippen molar-refractivity contribution in [3.05, 3.63) is 54.6 Å². The summed E-state index contributed by atoms with van der Waals surface area (Å²) in [6.07, 6.45) is 13.3. The molecular formula is C17H23N2O+. The average Bonchev–Trinajstić information content (AvgIpc) is 2.95. The molecule has 1 aromatic carbocycles. The van der Waals surface area contributed by atoms with E-state index in [2.05, 4.69) is 58.2 Å². The average molecular weight is 271 g/mol. The van der Waals surface area contributed by atoms with Gasteiger partial charge in [-0.2, -0.15) is 0 Å². The number of nitrogens with zero attached hydrogens (tertiary/aromatic N) is 2. The molecule has 1 aliphatic carbocycles. The van der Waals surface area contributed by atoms with Gasteiger partial charge in [0.2, 0.25) is 6.33 Å². The van der Waals surface area contributed by atoms with Gasteiger partial charge in [-0.3, -0.25) is 0 Å². The zero-order valence-electron chi connectivity index (χ0n) is 11.9. The molecule has 3 heteroatoms. The van der Waals surface area contributed by atoms with E-state index >= 15 is 0 Å². The van der Waals surface area contributed by atoms with E-state index in [1.165, 1.54) is 37.7 Å². The molecule has 0 N–H and O–H groups in total. The minimum Gasteiger partial charge on any atom is -0.338 e. The summed E-state index contributed by atoms with van der Waals surface area (Å²) in [5, 5.41) is 0. The van der Waals surface area contributed by atoms with E-state index in [1.54, 1.807) is 0 Å². The highest BCUT2D eigenvalue weighted by atomic mass is 16.5. The van der Waals surface area contributed by atoms with E-state index in [0.717, 1.165) is 6.54 Å². The molecule has 0 atom stereocenters. The Hall–Kier alpha value is -1.61. The van der Waals surface area contributed by atoms with Crippen LogP contribution < -0.4 is 4.57 Å². The summed E-state index contributed by atoms with van der Waals surface area (Å²) in [7, 11) is 0. The van der Waals surface area contributed by atoms with E-state index in [0.29, 0.717) is 12.8 Å². The maximum Gasteiger partial charge on any atom is 0.245 e. The summed E-state index contributed by atoms with van der Waals surface area (Å²) in [4.78, 5) is 0. The van der Waals surface area contributed by atoms with Gasteiger partial charge < -0.3 is 4.74 Å². The zero-order chi connectivity index (χ0) is 13.6. The smallest absolute Gasteiger partial charge is 0.245 e. The van der Waals surface area contributed by atoms with Crippen molar-refractivity contribution in [1.82, 2.24) is 4.57 Å². The third-order valence-electron chi connectivity index (χ3n) is 3.97. The number of benzene rings is 1.